The molecule has 0 aromatic heterocycles. The summed E-state index contributed by atoms with van der Waals surface area (Å²) in [5.41, 5.74) is 1.23. The molecule has 0 heterocycles. The highest BCUT2D eigenvalue weighted by molar-refractivity contribution is 6.02. The number of unbranched alkanes of at least 4 members (excludes halogenated alkanes) is 1. The molecule has 0 spiro atoms. The molecule has 1 amide bonds. The second-order valence-electron chi connectivity index (χ2n) is 7.21. The van der Waals surface area contributed by atoms with Gasteiger partial charge >= 0.3 is 6.18 Å². The third-order valence-corrected chi connectivity index (χ3v) is 5.00. The van der Waals surface area contributed by atoms with Crippen LogP contribution in [0.25, 0.3) is 21.9 Å². The van der Waals surface area contributed by atoms with E-state index in [0.717, 1.165) is 28.5 Å². The Kier molecular flexibility index (Phi) is 6.93. The van der Waals surface area contributed by atoms with Gasteiger partial charge in [-0.05, 0) is 65.4 Å². The Hall–Kier alpha value is -3.37. The first-order valence-corrected chi connectivity index (χ1v) is 9.86. The fourth-order valence-corrected chi connectivity index (χ4v) is 3.35. The number of nitriles is 1. The Morgan fingerprint density at radius 1 is 1.06 bits per heavy atom. The number of halogens is 3. The molecule has 1 unspecified atom stereocenters. The Balaban J connectivity index is 1.72. The normalized spacial score (nSPS) is 12.4. The third-order valence-electron chi connectivity index (χ3n) is 5.00. The molecule has 0 bridgehead atoms. The summed E-state index contributed by atoms with van der Waals surface area (Å²) in [6.07, 6.45) is -3.71. The van der Waals surface area contributed by atoms with E-state index in [1.807, 2.05) is 12.1 Å². The molecular weight excluding hydrogens is 405 g/mol. The van der Waals surface area contributed by atoms with Gasteiger partial charge in [-0.3, -0.25) is 4.79 Å². The second-order valence-corrected chi connectivity index (χ2v) is 7.21. The number of amides is 1. The number of nitrogens with zero attached hydrogens (tertiary/aromatic N) is 1. The van der Waals surface area contributed by atoms with Crippen LogP contribution in [-0.4, -0.2) is 23.7 Å². The largest absolute Gasteiger partial charge is 0.416 e. The molecule has 0 aliphatic rings. The van der Waals surface area contributed by atoms with Crippen LogP contribution in [0.3, 0.4) is 0 Å². The molecule has 1 atom stereocenters. The maximum atomic E-state index is 12.8. The van der Waals surface area contributed by atoms with E-state index in [2.05, 4.69) is 5.32 Å². The third kappa shape index (κ3) is 5.62. The van der Waals surface area contributed by atoms with Crippen LogP contribution < -0.4 is 5.32 Å². The maximum Gasteiger partial charge on any atom is 0.416 e. The molecule has 0 saturated carbocycles. The highest BCUT2D eigenvalue weighted by Crippen LogP contribution is 2.33. The van der Waals surface area contributed by atoms with Crippen LogP contribution in [-0.2, 0) is 6.18 Å². The molecule has 0 fully saturated rings. The van der Waals surface area contributed by atoms with Crippen LogP contribution in [0.1, 0.15) is 35.2 Å². The van der Waals surface area contributed by atoms with Crippen molar-refractivity contribution in [1.29, 1.82) is 5.26 Å². The van der Waals surface area contributed by atoms with Gasteiger partial charge in [-0.15, -0.1) is 0 Å². The van der Waals surface area contributed by atoms with Crippen molar-refractivity contribution in [3.8, 4) is 17.2 Å². The SMILES string of the molecule is N#CC(O)CCCCNC(=O)c1ccc2c(-c3ccc(C(F)(F)F)cc3)cccc2c1. The van der Waals surface area contributed by atoms with E-state index in [9.17, 15) is 23.1 Å². The van der Waals surface area contributed by atoms with Gasteiger partial charge in [-0.2, -0.15) is 18.4 Å². The predicted molar refractivity (Wildman–Crippen MR) is 112 cm³/mol. The minimum atomic E-state index is -4.38. The Morgan fingerprint density at radius 3 is 2.48 bits per heavy atom. The van der Waals surface area contributed by atoms with E-state index in [1.165, 1.54) is 12.1 Å². The lowest BCUT2D eigenvalue weighted by Gasteiger charge is -2.11. The minimum Gasteiger partial charge on any atom is -0.378 e. The molecule has 0 aliphatic heterocycles. The summed E-state index contributed by atoms with van der Waals surface area (Å²) in [6.45, 7) is 0.431. The number of hydrogen-bond acceptors (Lipinski definition) is 3. The number of fused-ring (bicyclic) bond motifs is 1. The molecule has 4 nitrogen and oxygen atoms in total. The molecule has 31 heavy (non-hydrogen) atoms. The molecule has 0 saturated heterocycles. The van der Waals surface area contributed by atoms with Crippen molar-refractivity contribution in [2.75, 3.05) is 6.54 Å². The number of nitrogens with one attached hydrogen (secondary N) is 1. The van der Waals surface area contributed by atoms with Gasteiger partial charge in [-0.25, -0.2) is 0 Å². The molecule has 160 valence electrons. The lowest BCUT2D eigenvalue weighted by Crippen LogP contribution is -2.24. The number of hydrogen-bond donors (Lipinski definition) is 2. The number of alkyl halides is 3. The molecule has 2 N–H and O–H groups in total. The molecule has 3 aromatic rings. The summed E-state index contributed by atoms with van der Waals surface area (Å²) in [6, 6.07) is 17.5. The summed E-state index contributed by atoms with van der Waals surface area (Å²) < 4.78 is 38.4. The van der Waals surface area contributed by atoms with Crippen molar-refractivity contribution in [2.24, 2.45) is 0 Å². The van der Waals surface area contributed by atoms with Crippen molar-refractivity contribution >= 4 is 16.7 Å². The van der Waals surface area contributed by atoms with Gasteiger partial charge < -0.3 is 10.4 Å². The smallest absolute Gasteiger partial charge is 0.378 e. The minimum absolute atomic E-state index is 0.234. The lowest BCUT2D eigenvalue weighted by atomic mass is 9.96. The Morgan fingerprint density at radius 2 is 1.81 bits per heavy atom. The van der Waals surface area contributed by atoms with Crippen LogP contribution in [0.5, 0.6) is 0 Å². The van der Waals surface area contributed by atoms with Crippen molar-refractivity contribution in [3.63, 3.8) is 0 Å². The van der Waals surface area contributed by atoms with E-state index in [0.29, 0.717) is 36.9 Å². The van der Waals surface area contributed by atoms with Gasteiger partial charge in [0.05, 0.1) is 11.6 Å². The van der Waals surface area contributed by atoms with Gasteiger partial charge in [0.15, 0.2) is 0 Å². The molecule has 7 heteroatoms. The van der Waals surface area contributed by atoms with Crippen molar-refractivity contribution < 1.29 is 23.1 Å². The summed E-state index contributed by atoms with van der Waals surface area (Å²) in [7, 11) is 0. The van der Waals surface area contributed by atoms with Crippen LogP contribution in [0.2, 0.25) is 0 Å². The first-order chi connectivity index (χ1) is 14.8. The first kappa shape index (κ1) is 22.3. The number of benzene rings is 3. The standard InChI is InChI=1S/C24H21F3N2O2/c25-24(26,27)19-10-7-16(8-11-19)21-6-3-4-17-14-18(9-12-22(17)21)23(31)29-13-2-1-5-20(30)15-28/h3-4,6-12,14,20,30H,1-2,5,13H2,(H,29,31). The number of rotatable bonds is 7. The topological polar surface area (TPSA) is 73.1 Å². The van der Waals surface area contributed by atoms with Crippen LogP contribution in [0, 0.1) is 11.3 Å². The first-order valence-electron chi connectivity index (χ1n) is 9.86. The number of aliphatic hydroxyl groups is 1. The maximum absolute atomic E-state index is 12.8. The van der Waals surface area contributed by atoms with Crippen molar-refractivity contribution in [2.45, 2.75) is 31.5 Å². The average molecular weight is 426 g/mol. The number of carbonyl (C=O) groups excluding carboxylic acids is 1. The van der Waals surface area contributed by atoms with Crippen LogP contribution >= 0.6 is 0 Å². The summed E-state index contributed by atoms with van der Waals surface area (Å²) in [5, 5.41) is 22.2. The fraction of sp³-hybridized carbons (Fsp3) is 0.250. The highest BCUT2D eigenvalue weighted by Gasteiger charge is 2.30. The molecule has 3 rings (SSSR count). The quantitative estimate of drug-likeness (QED) is 0.397. The molecule has 0 radical (unpaired) electrons. The second kappa shape index (κ2) is 9.63. The van der Waals surface area contributed by atoms with Gasteiger partial charge in [-0.1, -0.05) is 36.4 Å². The monoisotopic (exact) mass is 426 g/mol. The number of carbonyl (C=O) groups is 1. The van der Waals surface area contributed by atoms with Gasteiger partial charge in [0, 0.05) is 12.1 Å². The molecule has 3 aromatic carbocycles. The zero-order valence-electron chi connectivity index (χ0n) is 16.6. The van der Waals surface area contributed by atoms with Crippen LogP contribution in [0.4, 0.5) is 13.2 Å². The van der Waals surface area contributed by atoms with Crippen molar-refractivity contribution in [1.82, 2.24) is 5.32 Å². The number of aliphatic hydroxyl groups excluding tert-OH is 1. The van der Waals surface area contributed by atoms with Gasteiger partial charge in [0.25, 0.3) is 5.91 Å². The van der Waals surface area contributed by atoms with E-state index in [-0.39, 0.29) is 5.91 Å². The molecule has 0 aliphatic carbocycles. The zero-order chi connectivity index (χ0) is 22.4. The predicted octanol–water partition coefficient (Wildman–Crippen LogP) is 5.31. The lowest BCUT2D eigenvalue weighted by molar-refractivity contribution is -0.137. The van der Waals surface area contributed by atoms with E-state index >= 15 is 0 Å². The highest BCUT2D eigenvalue weighted by atomic mass is 19.4. The van der Waals surface area contributed by atoms with Gasteiger partial charge in [0.1, 0.15) is 6.10 Å². The molecular formula is C24H21F3N2O2. The van der Waals surface area contributed by atoms with Crippen molar-refractivity contribution in [3.05, 3.63) is 71.8 Å². The zero-order valence-corrected chi connectivity index (χ0v) is 16.6. The summed E-state index contributed by atoms with van der Waals surface area (Å²) >= 11 is 0. The fourth-order valence-electron chi connectivity index (χ4n) is 3.35. The summed E-state index contributed by atoms with van der Waals surface area (Å²) in [4.78, 5) is 12.4. The van der Waals surface area contributed by atoms with Gasteiger partial charge in [0.2, 0.25) is 0 Å². The average Bonchev–Trinajstić information content (AvgIpc) is 2.77. The van der Waals surface area contributed by atoms with Crippen LogP contribution in [0.15, 0.2) is 60.7 Å². The Bertz CT molecular complexity index is 1100. The Labute approximate surface area is 177 Å². The van der Waals surface area contributed by atoms with E-state index in [4.69, 9.17) is 5.26 Å². The summed E-state index contributed by atoms with van der Waals surface area (Å²) in [5.74, 6) is -0.234. The van der Waals surface area contributed by atoms with E-state index in [1.54, 1.807) is 30.3 Å². The van der Waals surface area contributed by atoms with E-state index < -0.39 is 17.8 Å².